The number of nitrogens with one attached hydrogen (secondary N) is 1. The first kappa shape index (κ1) is 17.0. The topological polar surface area (TPSA) is 51.2 Å². The maximum Gasteiger partial charge on any atom is 0.267 e. The van der Waals surface area contributed by atoms with Gasteiger partial charge in [-0.15, -0.1) is 11.3 Å². The van der Waals surface area contributed by atoms with Crippen LogP contribution in [0.4, 0.5) is 5.69 Å². The fraction of sp³-hybridized carbons (Fsp3) is 0. The van der Waals surface area contributed by atoms with Crippen molar-refractivity contribution in [1.29, 1.82) is 0 Å². The van der Waals surface area contributed by atoms with Crippen LogP contribution in [-0.4, -0.2) is 10.9 Å². The molecule has 0 saturated carbocycles. The smallest absolute Gasteiger partial charge is 0.267 e. The second-order valence-electron chi connectivity index (χ2n) is 5.79. The van der Waals surface area contributed by atoms with Gasteiger partial charge in [0.15, 0.2) is 0 Å². The summed E-state index contributed by atoms with van der Waals surface area (Å²) in [4.78, 5) is 17.5. The molecule has 1 heterocycles. The first-order valence-electron chi connectivity index (χ1n) is 8.43. The van der Waals surface area contributed by atoms with Gasteiger partial charge in [0, 0.05) is 17.3 Å². The Morgan fingerprint density at radius 3 is 2.33 bits per heavy atom. The molecule has 132 valence electrons. The highest BCUT2D eigenvalue weighted by atomic mass is 32.1. The van der Waals surface area contributed by atoms with E-state index in [4.69, 9.17) is 4.74 Å². The fourth-order valence-corrected chi connectivity index (χ4v) is 3.36. The number of rotatable bonds is 5. The van der Waals surface area contributed by atoms with Gasteiger partial charge in [0.2, 0.25) is 0 Å². The summed E-state index contributed by atoms with van der Waals surface area (Å²) >= 11 is 1.37. The van der Waals surface area contributed by atoms with Gasteiger partial charge in [-0.25, -0.2) is 4.98 Å². The van der Waals surface area contributed by atoms with Gasteiger partial charge in [-0.3, -0.25) is 4.79 Å². The van der Waals surface area contributed by atoms with Crippen molar-refractivity contribution in [2.45, 2.75) is 0 Å². The summed E-state index contributed by atoms with van der Waals surface area (Å²) in [5, 5.41) is 3.72. The lowest BCUT2D eigenvalue weighted by Gasteiger charge is -2.08. The zero-order valence-corrected chi connectivity index (χ0v) is 15.1. The summed E-state index contributed by atoms with van der Waals surface area (Å²) in [5.41, 5.74) is 1.67. The van der Waals surface area contributed by atoms with Crippen LogP contribution in [0.5, 0.6) is 11.5 Å². The Labute approximate surface area is 161 Å². The molecule has 4 nitrogen and oxygen atoms in total. The van der Waals surface area contributed by atoms with Crippen molar-refractivity contribution in [3.05, 3.63) is 96.0 Å². The highest BCUT2D eigenvalue weighted by molar-refractivity contribution is 7.17. The molecular weight excluding hydrogens is 356 g/mol. The van der Waals surface area contributed by atoms with E-state index in [1.54, 1.807) is 12.3 Å². The number of anilines is 1. The third-order valence-electron chi connectivity index (χ3n) is 3.82. The third-order valence-corrected chi connectivity index (χ3v) is 4.87. The number of hydrogen-bond donors (Lipinski definition) is 1. The maximum absolute atomic E-state index is 12.5. The molecule has 0 atom stereocenters. The SMILES string of the molecule is O=C(Nc1cccc(Oc2ccccc2)c1)c1cnc(-c2ccccc2)s1. The molecule has 0 unspecified atom stereocenters. The van der Waals surface area contributed by atoms with Crippen LogP contribution in [0.3, 0.4) is 0 Å². The number of para-hydroxylation sites is 1. The van der Waals surface area contributed by atoms with E-state index >= 15 is 0 Å². The molecule has 1 N–H and O–H groups in total. The summed E-state index contributed by atoms with van der Waals surface area (Å²) in [6.45, 7) is 0. The molecule has 0 saturated heterocycles. The summed E-state index contributed by atoms with van der Waals surface area (Å²) in [6.07, 6.45) is 1.60. The molecule has 27 heavy (non-hydrogen) atoms. The Morgan fingerprint density at radius 2 is 1.56 bits per heavy atom. The number of carbonyl (C=O) groups excluding carboxylic acids is 1. The predicted octanol–water partition coefficient (Wildman–Crippen LogP) is 5.85. The maximum atomic E-state index is 12.5. The summed E-state index contributed by atoms with van der Waals surface area (Å²) in [6, 6.07) is 26.7. The minimum Gasteiger partial charge on any atom is -0.457 e. The zero-order valence-electron chi connectivity index (χ0n) is 14.3. The molecule has 0 aliphatic carbocycles. The summed E-state index contributed by atoms with van der Waals surface area (Å²) in [5.74, 6) is 1.22. The first-order valence-corrected chi connectivity index (χ1v) is 9.25. The highest BCUT2D eigenvalue weighted by Gasteiger charge is 2.12. The number of carbonyl (C=O) groups is 1. The third kappa shape index (κ3) is 4.22. The normalized spacial score (nSPS) is 10.4. The number of ether oxygens (including phenoxy) is 1. The van der Waals surface area contributed by atoms with Crippen molar-refractivity contribution in [2.24, 2.45) is 0 Å². The lowest BCUT2D eigenvalue weighted by molar-refractivity contribution is 0.103. The van der Waals surface area contributed by atoms with E-state index in [1.165, 1.54) is 11.3 Å². The van der Waals surface area contributed by atoms with Gasteiger partial charge in [0.1, 0.15) is 21.4 Å². The first-order chi connectivity index (χ1) is 13.3. The average Bonchev–Trinajstić information content (AvgIpc) is 3.20. The van der Waals surface area contributed by atoms with Gasteiger partial charge >= 0.3 is 0 Å². The van der Waals surface area contributed by atoms with Crippen LogP contribution >= 0.6 is 11.3 Å². The number of benzene rings is 3. The second-order valence-corrected chi connectivity index (χ2v) is 6.82. The van der Waals surface area contributed by atoms with E-state index in [1.807, 2.05) is 78.9 Å². The molecule has 0 radical (unpaired) electrons. The van der Waals surface area contributed by atoms with Crippen molar-refractivity contribution in [2.75, 3.05) is 5.32 Å². The van der Waals surface area contributed by atoms with Gasteiger partial charge in [-0.05, 0) is 24.3 Å². The van der Waals surface area contributed by atoms with Gasteiger partial charge < -0.3 is 10.1 Å². The Morgan fingerprint density at radius 1 is 0.852 bits per heavy atom. The van der Waals surface area contributed by atoms with Crippen molar-refractivity contribution in [3.8, 4) is 22.1 Å². The molecule has 3 aromatic carbocycles. The molecule has 0 bridgehead atoms. The summed E-state index contributed by atoms with van der Waals surface area (Å²) in [7, 11) is 0. The molecule has 4 rings (SSSR count). The summed E-state index contributed by atoms with van der Waals surface area (Å²) < 4.78 is 5.81. The van der Waals surface area contributed by atoms with Crippen LogP contribution in [0.15, 0.2) is 91.1 Å². The molecule has 0 aliphatic rings. The molecule has 0 aliphatic heterocycles. The van der Waals surface area contributed by atoms with Gasteiger partial charge in [-0.2, -0.15) is 0 Å². The van der Waals surface area contributed by atoms with Gasteiger partial charge in [0.05, 0.1) is 6.20 Å². The average molecular weight is 372 g/mol. The Hall–Kier alpha value is -3.44. The fourth-order valence-electron chi connectivity index (χ4n) is 2.55. The monoisotopic (exact) mass is 372 g/mol. The minimum absolute atomic E-state index is 0.188. The largest absolute Gasteiger partial charge is 0.457 e. The Kier molecular flexibility index (Phi) is 4.94. The van der Waals surface area contributed by atoms with Crippen molar-refractivity contribution in [1.82, 2.24) is 4.98 Å². The van der Waals surface area contributed by atoms with Crippen LogP contribution in [0.25, 0.3) is 10.6 Å². The highest BCUT2D eigenvalue weighted by Crippen LogP contribution is 2.27. The molecule has 0 spiro atoms. The lowest BCUT2D eigenvalue weighted by Crippen LogP contribution is -2.10. The molecule has 4 aromatic rings. The van der Waals surface area contributed by atoms with Crippen LogP contribution in [-0.2, 0) is 0 Å². The lowest BCUT2D eigenvalue weighted by atomic mass is 10.2. The van der Waals surface area contributed by atoms with Gasteiger partial charge in [-0.1, -0.05) is 54.6 Å². The standard InChI is InChI=1S/C22H16N2O2S/c25-21(20-15-23-22(27-20)16-8-3-1-4-9-16)24-17-10-7-13-19(14-17)26-18-11-5-2-6-12-18/h1-15H,(H,24,25). The molecular formula is C22H16N2O2S. The quantitative estimate of drug-likeness (QED) is 0.478. The van der Waals surface area contributed by atoms with Gasteiger partial charge in [0.25, 0.3) is 5.91 Å². The van der Waals surface area contributed by atoms with E-state index in [0.717, 1.165) is 16.3 Å². The zero-order chi connectivity index (χ0) is 18.5. The Balaban J connectivity index is 1.47. The molecule has 0 fully saturated rings. The van der Waals surface area contributed by atoms with Crippen molar-refractivity contribution < 1.29 is 9.53 Å². The van der Waals surface area contributed by atoms with E-state index < -0.39 is 0 Å². The van der Waals surface area contributed by atoms with E-state index in [-0.39, 0.29) is 5.91 Å². The molecule has 1 aromatic heterocycles. The number of amides is 1. The number of aromatic nitrogens is 1. The van der Waals surface area contributed by atoms with Crippen LogP contribution in [0.1, 0.15) is 9.67 Å². The van der Waals surface area contributed by atoms with Crippen LogP contribution in [0.2, 0.25) is 0 Å². The number of hydrogen-bond acceptors (Lipinski definition) is 4. The van der Waals surface area contributed by atoms with Crippen LogP contribution in [0, 0.1) is 0 Å². The second kappa shape index (κ2) is 7.85. The van der Waals surface area contributed by atoms with E-state index in [2.05, 4.69) is 10.3 Å². The number of nitrogens with zero attached hydrogens (tertiary/aromatic N) is 1. The van der Waals surface area contributed by atoms with E-state index in [9.17, 15) is 4.79 Å². The van der Waals surface area contributed by atoms with Crippen molar-refractivity contribution in [3.63, 3.8) is 0 Å². The van der Waals surface area contributed by atoms with E-state index in [0.29, 0.717) is 16.3 Å². The van der Waals surface area contributed by atoms with Crippen LogP contribution < -0.4 is 10.1 Å². The minimum atomic E-state index is -0.188. The molecule has 5 heteroatoms. The predicted molar refractivity (Wildman–Crippen MR) is 108 cm³/mol. The number of thiazole rings is 1. The van der Waals surface area contributed by atoms with Crippen molar-refractivity contribution >= 4 is 22.9 Å². The molecule has 1 amide bonds. The Bertz CT molecular complexity index is 1050.